The van der Waals surface area contributed by atoms with E-state index in [1.54, 1.807) is 0 Å². The maximum absolute atomic E-state index is 12.2. The second-order valence-corrected chi connectivity index (χ2v) is 4.79. The fourth-order valence-electron chi connectivity index (χ4n) is 2.44. The number of Topliss-reactive ketones (excluding diaryl/α,β-unsaturated/α-hetero) is 3. The van der Waals surface area contributed by atoms with Crippen molar-refractivity contribution in [1.29, 1.82) is 0 Å². The van der Waals surface area contributed by atoms with E-state index in [-0.39, 0.29) is 22.8 Å². The predicted molar refractivity (Wildman–Crippen MR) is 63.0 cm³/mol. The first kappa shape index (κ1) is 11.7. The first-order valence-corrected chi connectivity index (χ1v) is 5.92. The summed E-state index contributed by atoms with van der Waals surface area (Å²) in [5.41, 5.74) is -0.614. The Labute approximate surface area is 107 Å². The summed E-state index contributed by atoms with van der Waals surface area (Å²) in [7, 11) is 0. The smallest absolute Gasteiger partial charge is 0.280 e. The van der Waals surface area contributed by atoms with Gasteiger partial charge in [-0.05, 0) is 12.8 Å². The summed E-state index contributed by atoms with van der Waals surface area (Å²) in [6, 6.07) is 3.89. The SMILES string of the molecule is O=C1c2cccc([N+](=O)[O-])c2C(=O)[C@@H]1C(=O)C1CC1. The van der Waals surface area contributed by atoms with Gasteiger partial charge in [-0.2, -0.15) is 0 Å². The van der Waals surface area contributed by atoms with Gasteiger partial charge >= 0.3 is 0 Å². The van der Waals surface area contributed by atoms with Crippen LogP contribution in [-0.4, -0.2) is 22.3 Å². The van der Waals surface area contributed by atoms with Gasteiger partial charge in [-0.25, -0.2) is 0 Å². The monoisotopic (exact) mass is 259 g/mol. The molecule has 19 heavy (non-hydrogen) atoms. The first-order valence-electron chi connectivity index (χ1n) is 5.92. The zero-order valence-corrected chi connectivity index (χ0v) is 9.79. The molecule has 2 aliphatic rings. The van der Waals surface area contributed by atoms with Gasteiger partial charge < -0.3 is 0 Å². The van der Waals surface area contributed by atoms with Crippen molar-refractivity contribution in [1.82, 2.24) is 0 Å². The molecule has 0 N–H and O–H groups in total. The average molecular weight is 259 g/mol. The number of ketones is 3. The normalized spacial score (nSPS) is 21.4. The Kier molecular flexibility index (Phi) is 2.35. The Morgan fingerprint density at radius 1 is 1.21 bits per heavy atom. The topological polar surface area (TPSA) is 94.3 Å². The van der Waals surface area contributed by atoms with Crippen molar-refractivity contribution in [3.05, 3.63) is 39.4 Å². The second kappa shape index (κ2) is 3.81. The van der Waals surface area contributed by atoms with Crippen LogP contribution < -0.4 is 0 Å². The van der Waals surface area contributed by atoms with Crippen molar-refractivity contribution in [3.63, 3.8) is 0 Å². The molecule has 1 aromatic carbocycles. The number of carbonyl (C=O) groups is 3. The van der Waals surface area contributed by atoms with Crippen LogP contribution in [0.5, 0.6) is 0 Å². The van der Waals surface area contributed by atoms with Crippen LogP contribution in [0.2, 0.25) is 0 Å². The molecule has 0 aliphatic heterocycles. The molecule has 0 amide bonds. The molecule has 0 bridgehead atoms. The van der Waals surface area contributed by atoms with Gasteiger partial charge in [0.05, 0.1) is 4.92 Å². The fraction of sp³-hybridized carbons (Fsp3) is 0.308. The summed E-state index contributed by atoms with van der Waals surface area (Å²) >= 11 is 0. The quantitative estimate of drug-likeness (QED) is 0.466. The fourth-order valence-corrected chi connectivity index (χ4v) is 2.44. The lowest BCUT2D eigenvalue weighted by Gasteiger charge is -2.03. The zero-order valence-electron chi connectivity index (χ0n) is 9.79. The number of nitro groups is 1. The lowest BCUT2D eigenvalue weighted by Crippen LogP contribution is -2.26. The largest absolute Gasteiger partial charge is 0.298 e. The Hall–Kier alpha value is -2.37. The molecule has 2 aliphatic carbocycles. The van der Waals surface area contributed by atoms with E-state index >= 15 is 0 Å². The van der Waals surface area contributed by atoms with Crippen molar-refractivity contribution < 1.29 is 19.3 Å². The molecule has 0 unspecified atom stereocenters. The molecule has 0 heterocycles. The number of carbonyl (C=O) groups excluding carboxylic acids is 3. The van der Waals surface area contributed by atoms with Crippen LogP contribution in [0, 0.1) is 22.0 Å². The highest BCUT2D eigenvalue weighted by atomic mass is 16.6. The molecule has 0 spiro atoms. The maximum Gasteiger partial charge on any atom is 0.280 e. The van der Waals surface area contributed by atoms with Crippen LogP contribution >= 0.6 is 0 Å². The van der Waals surface area contributed by atoms with E-state index in [1.807, 2.05) is 0 Å². The van der Waals surface area contributed by atoms with Crippen LogP contribution in [0.15, 0.2) is 18.2 Å². The van der Waals surface area contributed by atoms with E-state index in [4.69, 9.17) is 0 Å². The summed E-state index contributed by atoms with van der Waals surface area (Å²) < 4.78 is 0. The third-order valence-corrected chi connectivity index (χ3v) is 3.54. The molecular weight excluding hydrogens is 250 g/mol. The summed E-state index contributed by atoms with van der Waals surface area (Å²) in [5, 5.41) is 10.9. The molecule has 6 heteroatoms. The Balaban J connectivity index is 2.11. The molecule has 1 aromatic rings. The lowest BCUT2D eigenvalue weighted by molar-refractivity contribution is -0.385. The number of nitro benzene ring substituents is 1. The molecule has 0 aromatic heterocycles. The number of fused-ring (bicyclic) bond motifs is 1. The zero-order chi connectivity index (χ0) is 13.7. The van der Waals surface area contributed by atoms with Gasteiger partial charge in [0.1, 0.15) is 11.5 Å². The minimum atomic E-state index is -1.36. The molecule has 3 rings (SSSR count). The second-order valence-electron chi connectivity index (χ2n) is 4.79. The van der Waals surface area contributed by atoms with Crippen molar-refractivity contribution >= 4 is 23.0 Å². The minimum Gasteiger partial charge on any atom is -0.298 e. The van der Waals surface area contributed by atoms with E-state index in [2.05, 4.69) is 0 Å². The Morgan fingerprint density at radius 2 is 1.89 bits per heavy atom. The van der Waals surface area contributed by atoms with Crippen molar-refractivity contribution in [2.24, 2.45) is 11.8 Å². The van der Waals surface area contributed by atoms with Crippen molar-refractivity contribution in [2.45, 2.75) is 12.8 Å². The molecule has 96 valence electrons. The van der Waals surface area contributed by atoms with Crippen molar-refractivity contribution in [2.75, 3.05) is 0 Å². The maximum atomic E-state index is 12.2. The van der Waals surface area contributed by atoms with Gasteiger partial charge in [-0.3, -0.25) is 24.5 Å². The summed E-state index contributed by atoms with van der Waals surface area (Å²) in [4.78, 5) is 46.4. The third-order valence-electron chi connectivity index (χ3n) is 3.54. The van der Waals surface area contributed by atoms with E-state index in [9.17, 15) is 24.5 Å². The van der Waals surface area contributed by atoms with Crippen LogP contribution in [0.1, 0.15) is 33.6 Å². The van der Waals surface area contributed by atoms with Gasteiger partial charge in [0.25, 0.3) is 5.69 Å². The molecule has 1 fully saturated rings. The summed E-state index contributed by atoms with van der Waals surface area (Å²) in [6.07, 6.45) is 1.38. The lowest BCUT2D eigenvalue weighted by atomic mass is 9.95. The number of nitrogens with zero attached hydrogens (tertiary/aromatic N) is 1. The third kappa shape index (κ3) is 1.60. The highest BCUT2D eigenvalue weighted by Crippen LogP contribution is 2.39. The molecule has 1 saturated carbocycles. The summed E-state index contributed by atoms with van der Waals surface area (Å²) in [5.74, 6) is -3.29. The van der Waals surface area contributed by atoms with E-state index in [1.165, 1.54) is 18.2 Å². The number of hydrogen-bond donors (Lipinski definition) is 0. The van der Waals surface area contributed by atoms with Crippen LogP contribution in [0.4, 0.5) is 5.69 Å². The van der Waals surface area contributed by atoms with Crippen LogP contribution in [0.3, 0.4) is 0 Å². The number of hydrogen-bond acceptors (Lipinski definition) is 5. The highest BCUT2D eigenvalue weighted by Gasteiger charge is 2.50. The van der Waals surface area contributed by atoms with Crippen molar-refractivity contribution in [3.8, 4) is 0 Å². The van der Waals surface area contributed by atoms with Gasteiger partial charge in [0.15, 0.2) is 17.3 Å². The van der Waals surface area contributed by atoms with E-state index in [0.717, 1.165) is 0 Å². The van der Waals surface area contributed by atoms with E-state index in [0.29, 0.717) is 12.8 Å². The molecule has 0 radical (unpaired) electrons. The Bertz CT molecular complexity index is 644. The molecular formula is C13H9NO5. The van der Waals surface area contributed by atoms with Gasteiger partial charge in [0, 0.05) is 17.5 Å². The molecule has 1 atom stereocenters. The van der Waals surface area contributed by atoms with Crippen LogP contribution in [-0.2, 0) is 4.79 Å². The molecule has 0 saturated heterocycles. The van der Waals surface area contributed by atoms with Gasteiger partial charge in [-0.15, -0.1) is 0 Å². The van der Waals surface area contributed by atoms with Gasteiger partial charge in [0.2, 0.25) is 0 Å². The minimum absolute atomic E-state index is 0.00167. The first-order chi connectivity index (χ1) is 9.02. The highest BCUT2D eigenvalue weighted by molar-refractivity contribution is 6.37. The molecule has 6 nitrogen and oxygen atoms in total. The standard InChI is InChI=1S/C13H9NO5/c15-11(6-4-5-6)10-12(16)7-2-1-3-8(14(18)19)9(7)13(10)17/h1-3,6,10H,4-5H2/t10-/m1/s1. The average Bonchev–Trinajstić information content (AvgIpc) is 3.18. The van der Waals surface area contributed by atoms with Crippen LogP contribution in [0.25, 0.3) is 0 Å². The van der Waals surface area contributed by atoms with Gasteiger partial charge in [-0.1, -0.05) is 12.1 Å². The number of benzene rings is 1. The van der Waals surface area contributed by atoms with E-state index < -0.39 is 28.1 Å². The number of rotatable bonds is 3. The Morgan fingerprint density at radius 3 is 2.47 bits per heavy atom. The predicted octanol–water partition coefficient (Wildman–Crippen LogP) is 1.57. The summed E-state index contributed by atoms with van der Waals surface area (Å²) in [6.45, 7) is 0.